The molecule has 0 amide bonds. The lowest BCUT2D eigenvalue weighted by atomic mass is 9.97. The number of hydrogen-bond acceptors (Lipinski definition) is 4. The van der Waals surface area contributed by atoms with Gasteiger partial charge in [-0.1, -0.05) is 92.4 Å². The van der Waals surface area contributed by atoms with Crippen molar-refractivity contribution in [2.45, 2.75) is 66.2 Å². The Bertz CT molecular complexity index is 928. The van der Waals surface area contributed by atoms with E-state index in [-0.39, 0.29) is 23.4 Å². The number of hydrogen-bond donors (Lipinski definition) is 1. The predicted molar refractivity (Wildman–Crippen MR) is 157 cm³/mol. The predicted octanol–water partition coefficient (Wildman–Crippen LogP) is 7.06. The zero-order chi connectivity index (χ0) is 27.0. The zero-order valence-corrected chi connectivity index (χ0v) is 23.6. The lowest BCUT2D eigenvalue weighted by Gasteiger charge is -2.28. The zero-order valence-electron chi connectivity index (χ0n) is 23.6. The number of carbonyl (C=O) groups excluding carboxylic acids is 2. The van der Waals surface area contributed by atoms with Crippen molar-refractivity contribution in [1.82, 2.24) is 10.2 Å². The van der Waals surface area contributed by atoms with E-state index in [0.29, 0.717) is 0 Å². The van der Waals surface area contributed by atoms with Crippen LogP contribution in [0.25, 0.3) is 0 Å². The van der Waals surface area contributed by atoms with Gasteiger partial charge in [-0.25, -0.2) is 0 Å². The standard InChI is InChI=1S/C16H23NO.C12H14O.C5H11N/c1-13-6-8-15(9-7-13)16(18)14(2)12-17-10-4-3-5-11-17;1-4-10(3)12(13)11-7-5-9(2)6-8-11;1-2-4-6-5-3-1/h6-9,14H,3-5,10-12H2,1-2H3;4-8,10H,1H2,2-3H3;6H,1-5H2. The molecule has 2 aliphatic rings. The van der Waals surface area contributed by atoms with Gasteiger partial charge in [0.25, 0.3) is 0 Å². The number of aryl methyl sites for hydroxylation is 2. The third-order valence-corrected chi connectivity index (χ3v) is 7.07. The highest BCUT2D eigenvalue weighted by Gasteiger charge is 2.19. The third kappa shape index (κ3) is 11.6. The molecule has 2 aromatic carbocycles. The Labute approximate surface area is 225 Å². The highest BCUT2D eigenvalue weighted by atomic mass is 16.1. The molecule has 1 N–H and O–H groups in total. The minimum atomic E-state index is -0.0947. The molecule has 2 saturated heterocycles. The van der Waals surface area contributed by atoms with Gasteiger partial charge in [-0.05, 0) is 65.7 Å². The highest BCUT2D eigenvalue weighted by Crippen LogP contribution is 2.15. The quantitative estimate of drug-likeness (QED) is 0.324. The molecule has 2 aliphatic heterocycles. The molecule has 0 saturated carbocycles. The number of rotatable bonds is 7. The van der Waals surface area contributed by atoms with Gasteiger partial charge in [-0.15, -0.1) is 6.58 Å². The first kappa shape index (κ1) is 30.7. The summed E-state index contributed by atoms with van der Waals surface area (Å²) in [6.07, 6.45) is 9.79. The van der Waals surface area contributed by atoms with E-state index in [0.717, 1.165) is 30.8 Å². The second kappa shape index (κ2) is 17.0. The fourth-order valence-corrected chi connectivity index (χ4v) is 4.50. The molecule has 0 aromatic heterocycles. The molecule has 2 atom stereocenters. The van der Waals surface area contributed by atoms with E-state index in [9.17, 15) is 9.59 Å². The molecule has 0 radical (unpaired) electrons. The number of nitrogens with zero attached hydrogens (tertiary/aromatic N) is 1. The van der Waals surface area contributed by atoms with E-state index >= 15 is 0 Å². The van der Waals surface area contributed by atoms with Crippen LogP contribution >= 0.6 is 0 Å². The fourth-order valence-electron chi connectivity index (χ4n) is 4.50. The lowest BCUT2D eigenvalue weighted by molar-refractivity contribution is 0.0883. The Morgan fingerprint density at radius 2 is 1.24 bits per heavy atom. The van der Waals surface area contributed by atoms with Gasteiger partial charge in [0.2, 0.25) is 0 Å². The SMILES string of the molecule is C1CCNCC1.C=CC(C)C(=O)c1ccc(C)cc1.Cc1ccc(C(=O)C(C)CN2CCCCC2)cc1. The van der Waals surface area contributed by atoms with E-state index in [1.54, 1.807) is 6.08 Å². The Hall–Kier alpha value is -2.56. The number of likely N-dealkylation sites (tertiary alicyclic amines) is 1. The summed E-state index contributed by atoms with van der Waals surface area (Å²) in [5.41, 5.74) is 3.99. The number of carbonyl (C=O) groups is 2. The van der Waals surface area contributed by atoms with Crippen molar-refractivity contribution in [3.63, 3.8) is 0 Å². The largest absolute Gasteiger partial charge is 0.317 e. The van der Waals surface area contributed by atoms with Gasteiger partial charge < -0.3 is 10.2 Å². The van der Waals surface area contributed by atoms with Crippen molar-refractivity contribution in [2.24, 2.45) is 11.8 Å². The van der Waals surface area contributed by atoms with E-state index in [1.165, 1.54) is 62.7 Å². The first-order valence-corrected chi connectivity index (χ1v) is 14.1. The molecule has 4 rings (SSSR count). The summed E-state index contributed by atoms with van der Waals surface area (Å²) in [4.78, 5) is 26.3. The number of benzene rings is 2. The van der Waals surface area contributed by atoms with Crippen molar-refractivity contribution in [2.75, 3.05) is 32.7 Å². The molecule has 202 valence electrons. The first-order valence-electron chi connectivity index (χ1n) is 14.1. The molecule has 37 heavy (non-hydrogen) atoms. The Morgan fingerprint density at radius 1 is 0.784 bits per heavy atom. The van der Waals surface area contributed by atoms with Gasteiger partial charge in [-0.2, -0.15) is 0 Å². The molecule has 0 bridgehead atoms. The molecule has 4 heteroatoms. The van der Waals surface area contributed by atoms with Crippen LogP contribution < -0.4 is 5.32 Å². The number of allylic oxidation sites excluding steroid dienone is 1. The Balaban J connectivity index is 0.000000220. The number of piperidine rings is 2. The number of ketones is 2. The second-order valence-corrected chi connectivity index (χ2v) is 10.6. The maximum Gasteiger partial charge on any atom is 0.169 e. The Morgan fingerprint density at radius 3 is 1.65 bits per heavy atom. The van der Waals surface area contributed by atoms with Crippen molar-refractivity contribution >= 4 is 11.6 Å². The van der Waals surface area contributed by atoms with Crippen molar-refractivity contribution in [1.29, 1.82) is 0 Å². The minimum Gasteiger partial charge on any atom is -0.317 e. The average Bonchev–Trinajstić information content (AvgIpc) is 2.95. The summed E-state index contributed by atoms with van der Waals surface area (Å²) in [5.74, 6) is 0.420. The smallest absolute Gasteiger partial charge is 0.169 e. The van der Waals surface area contributed by atoms with Crippen LogP contribution in [-0.4, -0.2) is 49.2 Å². The number of Topliss-reactive ketones (excluding diaryl/α,β-unsaturated/α-hetero) is 2. The molecular weight excluding hydrogens is 456 g/mol. The Kier molecular flexibility index (Phi) is 14.1. The average molecular weight is 505 g/mol. The van der Waals surface area contributed by atoms with Crippen LogP contribution in [0.5, 0.6) is 0 Å². The molecule has 2 heterocycles. The fraction of sp³-hybridized carbons (Fsp3) is 0.515. The number of nitrogens with one attached hydrogen (secondary N) is 1. The van der Waals surface area contributed by atoms with Crippen molar-refractivity contribution in [3.05, 3.63) is 83.4 Å². The van der Waals surface area contributed by atoms with Gasteiger partial charge in [0.15, 0.2) is 11.6 Å². The summed E-state index contributed by atoms with van der Waals surface area (Å²) in [6.45, 7) is 17.3. The molecule has 0 aliphatic carbocycles. The summed E-state index contributed by atoms with van der Waals surface area (Å²) < 4.78 is 0. The summed E-state index contributed by atoms with van der Waals surface area (Å²) in [7, 11) is 0. The monoisotopic (exact) mass is 504 g/mol. The summed E-state index contributed by atoms with van der Waals surface area (Å²) >= 11 is 0. The first-order chi connectivity index (χ1) is 17.8. The highest BCUT2D eigenvalue weighted by molar-refractivity contribution is 5.98. The third-order valence-electron chi connectivity index (χ3n) is 7.07. The van der Waals surface area contributed by atoms with Gasteiger partial charge in [-0.3, -0.25) is 9.59 Å². The van der Waals surface area contributed by atoms with Crippen molar-refractivity contribution < 1.29 is 9.59 Å². The second-order valence-electron chi connectivity index (χ2n) is 10.6. The van der Waals surface area contributed by atoms with Gasteiger partial charge in [0, 0.05) is 29.5 Å². The van der Waals surface area contributed by atoms with Gasteiger partial charge in [0.1, 0.15) is 0 Å². The summed E-state index contributed by atoms with van der Waals surface area (Å²) in [6, 6.07) is 15.5. The van der Waals surface area contributed by atoms with E-state index < -0.39 is 0 Å². The van der Waals surface area contributed by atoms with Crippen LogP contribution in [0.3, 0.4) is 0 Å². The van der Waals surface area contributed by atoms with E-state index in [1.807, 2.05) is 69.3 Å². The van der Waals surface area contributed by atoms with E-state index in [4.69, 9.17) is 0 Å². The van der Waals surface area contributed by atoms with Gasteiger partial charge >= 0.3 is 0 Å². The van der Waals surface area contributed by atoms with Crippen LogP contribution in [0.2, 0.25) is 0 Å². The van der Waals surface area contributed by atoms with Crippen LogP contribution in [0.15, 0.2) is 61.2 Å². The molecule has 4 nitrogen and oxygen atoms in total. The molecular formula is C33H48N2O2. The topological polar surface area (TPSA) is 49.4 Å². The molecule has 0 spiro atoms. The van der Waals surface area contributed by atoms with Crippen LogP contribution in [-0.2, 0) is 0 Å². The molecule has 2 aromatic rings. The minimum absolute atomic E-state index is 0.0947. The van der Waals surface area contributed by atoms with Crippen molar-refractivity contribution in [3.8, 4) is 0 Å². The van der Waals surface area contributed by atoms with Crippen LogP contribution in [0.4, 0.5) is 0 Å². The van der Waals surface area contributed by atoms with E-state index in [2.05, 4.69) is 23.7 Å². The van der Waals surface area contributed by atoms with Crippen LogP contribution in [0, 0.1) is 25.7 Å². The molecule has 2 unspecified atom stereocenters. The van der Waals surface area contributed by atoms with Gasteiger partial charge in [0.05, 0.1) is 0 Å². The maximum absolute atomic E-state index is 12.3. The lowest BCUT2D eigenvalue weighted by Crippen LogP contribution is -2.35. The summed E-state index contributed by atoms with van der Waals surface area (Å²) in [5, 5.41) is 3.28. The molecule has 2 fully saturated rings. The normalized spacial score (nSPS) is 17.2. The maximum atomic E-state index is 12.3. The van der Waals surface area contributed by atoms with Crippen LogP contribution in [0.1, 0.15) is 84.2 Å².